The Morgan fingerprint density at radius 2 is 1.52 bits per heavy atom. The molecule has 1 aromatic carbocycles. The Bertz CT molecular complexity index is 496. The first-order chi connectivity index (χ1) is 9.65. The molecule has 4 N–H and O–H groups in total. The topological polar surface area (TPSA) is 84.2 Å². The zero-order valence-electron chi connectivity index (χ0n) is 13.2. The van der Waals surface area contributed by atoms with E-state index in [1.165, 1.54) is 0 Å². The zero-order valence-corrected chi connectivity index (χ0v) is 13.2. The van der Waals surface area contributed by atoms with Gasteiger partial charge in [-0.1, -0.05) is 44.2 Å². The Labute approximate surface area is 126 Å². The molecule has 5 heteroatoms. The molecule has 0 fully saturated rings. The molecule has 116 valence electrons. The molecule has 0 aliphatic carbocycles. The number of hydrogen-bond donors (Lipinski definition) is 3. The van der Waals surface area contributed by atoms with Crippen molar-refractivity contribution in [2.45, 2.75) is 33.1 Å². The third-order valence-electron chi connectivity index (χ3n) is 3.60. The minimum Gasteiger partial charge on any atom is -0.369 e. The quantitative estimate of drug-likeness (QED) is 0.746. The molecule has 0 unspecified atom stereocenters. The number of nitrogens with two attached hydrogens (primary N) is 1. The minimum atomic E-state index is -0.758. The average molecular weight is 291 g/mol. The van der Waals surface area contributed by atoms with Gasteiger partial charge in [0.05, 0.1) is 5.41 Å². The number of benzene rings is 1. The minimum absolute atomic E-state index is 0.169. The fraction of sp³-hybridized carbons (Fsp3) is 0.500. The van der Waals surface area contributed by atoms with Crippen molar-refractivity contribution in [2.24, 2.45) is 11.1 Å². The van der Waals surface area contributed by atoms with E-state index in [-0.39, 0.29) is 18.0 Å². The lowest BCUT2D eigenvalue weighted by molar-refractivity contribution is -0.125. The van der Waals surface area contributed by atoms with Crippen LogP contribution >= 0.6 is 0 Å². The second kappa shape index (κ2) is 6.61. The number of carbonyl (C=O) groups excluding carboxylic acids is 2. The van der Waals surface area contributed by atoms with Crippen molar-refractivity contribution < 1.29 is 9.59 Å². The molecular weight excluding hydrogens is 266 g/mol. The maximum Gasteiger partial charge on any atom is 0.314 e. The van der Waals surface area contributed by atoms with Gasteiger partial charge in [0.15, 0.2) is 0 Å². The molecule has 0 atom stereocenters. The van der Waals surface area contributed by atoms with Crippen LogP contribution in [0.25, 0.3) is 0 Å². The number of hydrogen-bond acceptors (Lipinski definition) is 2. The van der Waals surface area contributed by atoms with E-state index < -0.39 is 11.3 Å². The highest BCUT2D eigenvalue weighted by Gasteiger charge is 2.26. The molecule has 1 rings (SSSR count). The molecule has 3 amide bonds. The van der Waals surface area contributed by atoms with Gasteiger partial charge in [0.25, 0.3) is 0 Å². The van der Waals surface area contributed by atoms with Gasteiger partial charge in [-0.3, -0.25) is 4.79 Å². The Hall–Kier alpha value is -2.04. The van der Waals surface area contributed by atoms with Crippen LogP contribution < -0.4 is 16.4 Å². The zero-order chi connectivity index (χ0) is 16.1. The molecule has 0 bridgehead atoms. The summed E-state index contributed by atoms with van der Waals surface area (Å²) in [4.78, 5) is 23.0. The molecule has 0 saturated carbocycles. The van der Waals surface area contributed by atoms with E-state index in [2.05, 4.69) is 24.5 Å². The number of carbonyl (C=O) groups is 2. The van der Waals surface area contributed by atoms with Crippen molar-refractivity contribution in [1.82, 2.24) is 10.6 Å². The predicted octanol–water partition coefficient (Wildman–Crippen LogP) is 1.77. The summed E-state index contributed by atoms with van der Waals surface area (Å²) in [6.45, 7) is 8.23. The first-order valence-corrected chi connectivity index (χ1v) is 7.02. The first kappa shape index (κ1) is 17.0. The fourth-order valence-electron chi connectivity index (χ4n) is 1.74. The average Bonchev–Trinajstić information content (AvgIpc) is 2.44. The third kappa shape index (κ3) is 5.10. The summed E-state index contributed by atoms with van der Waals surface area (Å²) < 4.78 is 0. The van der Waals surface area contributed by atoms with Crippen LogP contribution in [0, 0.1) is 5.41 Å². The highest BCUT2D eigenvalue weighted by atomic mass is 16.2. The van der Waals surface area contributed by atoms with Gasteiger partial charge in [0.1, 0.15) is 0 Å². The molecule has 5 nitrogen and oxygen atoms in total. The number of rotatable bonds is 6. The normalized spacial score (nSPS) is 11.8. The number of amides is 3. The molecule has 21 heavy (non-hydrogen) atoms. The second-order valence-electron chi connectivity index (χ2n) is 6.53. The number of urea groups is 1. The van der Waals surface area contributed by atoms with Gasteiger partial charge in [-0.05, 0) is 19.4 Å². The largest absolute Gasteiger partial charge is 0.369 e. The maximum atomic E-state index is 11.8. The smallest absolute Gasteiger partial charge is 0.314 e. The second-order valence-corrected chi connectivity index (χ2v) is 6.53. The maximum absolute atomic E-state index is 11.8. The van der Waals surface area contributed by atoms with Crippen molar-refractivity contribution in [3.05, 3.63) is 35.9 Å². The van der Waals surface area contributed by atoms with Crippen LogP contribution in [-0.2, 0) is 10.2 Å². The predicted molar refractivity (Wildman–Crippen MR) is 83.8 cm³/mol. The van der Waals surface area contributed by atoms with Crippen molar-refractivity contribution in [3.63, 3.8) is 0 Å². The van der Waals surface area contributed by atoms with Crippen LogP contribution in [-0.4, -0.2) is 25.0 Å². The van der Waals surface area contributed by atoms with Crippen LogP contribution in [0.2, 0.25) is 0 Å². The van der Waals surface area contributed by atoms with Gasteiger partial charge in [-0.15, -0.1) is 0 Å². The summed E-state index contributed by atoms with van der Waals surface area (Å²) in [5.41, 5.74) is 5.49. The highest BCUT2D eigenvalue weighted by Crippen LogP contribution is 2.21. The molecule has 0 aromatic heterocycles. The van der Waals surface area contributed by atoms with E-state index in [0.717, 1.165) is 5.56 Å². The van der Waals surface area contributed by atoms with Gasteiger partial charge in [0, 0.05) is 18.5 Å². The standard InChI is InChI=1S/C16H25N3O2/c1-15(2,12-8-6-5-7-9-12)10-18-14(21)19-11-16(3,4)13(17)20/h5-9H,10-11H2,1-4H3,(H2,17,20)(H2,18,19,21). The fourth-order valence-corrected chi connectivity index (χ4v) is 1.74. The van der Waals surface area contributed by atoms with Crippen LogP contribution in [0.4, 0.5) is 4.79 Å². The van der Waals surface area contributed by atoms with Crippen molar-refractivity contribution in [1.29, 1.82) is 0 Å². The van der Waals surface area contributed by atoms with E-state index in [1.54, 1.807) is 13.8 Å². The lowest BCUT2D eigenvalue weighted by Gasteiger charge is -2.26. The van der Waals surface area contributed by atoms with Crippen molar-refractivity contribution in [2.75, 3.05) is 13.1 Å². The lowest BCUT2D eigenvalue weighted by atomic mass is 9.85. The van der Waals surface area contributed by atoms with Gasteiger partial charge in [-0.2, -0.15) is 0 Å². The van der Waals surface area contributed by atoms with Crippen LogP contribution in [0.15, 0.2) is 30.3 Å². The van der Waals surface area contributed by atoms with E-state index in [1.807, 2.05) is 30.3 Å². The van der Waals surface area contributed by atoms with E-state index in [4.69, 9.17) is 5.73 Å². The Morgan fingerprint density at radius 3 is 2.05 bits per heavy atom. The van der Waals surface area contributed by atoms with E-state index >= 15 is 0 Å². The number of nitrogens with one attached hydrogen (secondary N) is 2. The summed E-state index contributed by atoms with van der Waals surface area (Å²) in [7, 11) is 0. The summed E-state index contributed by atoms with van der Waals surface area (Å²) in [5.74, 6) is -0.438. The lowest BCUT2D eigenvalue weighted by Crippen LogP contribution is -2.47. The molecular formula is C16H25N3O2. The van der Waals surface area contributed by atoms with E-state index in [9.17, 15) is 9.59 Å². The summed E-state index contributed by atoms with van der Waals surface area (Å²) in [6, 6.07) is 9.70. The molecule has 0 aliphatic rings. The summed E-state index contributed by atoms with van der Waals surface area (Å²) in [6.07, 6.45) is 0. The Kier molecular flexibility index (Phi) is 5.35. The van der Waals surface area contributed by atoms with Crippen LogP contribution in [0.5, 0.6) is 0 Å². The van der Waals surface area contributed by atoms with Gasteiger partial charge < -0.3 is 16.4 Å². The Balaban J connectivity index is 2.48. The van der Waals surface area contributed by atoms with Crippen LogP contribution in [0.1, 0.15) is 33.3 Å². The van der Waals surface area contributed by atoms with Crippen molar-refractivity contribution >= 4 is 11.9 Å². The monoisotopic (exact) mass is 291 g/mol. The Morgan fingerprint density at radius 1 is 1.00 bits per heavy atom. The SMILES string of the molecule is CC(C)(CNC(=O)NCC(C)(C)c1ccccc1)C(N)=O. The molecule has 0 aliphatic heterocycles. The van der Waals surface area contributed by atoms with Gasteiger partial charge in [0.2, 0.25) is 5.91 Å². The molecule has 0 heterocycles. The number of primary amides is 1. The van der Waals surface area contributed by atoms with Crippen LogP contribution in [0.3, 0.4) is 0 Å². The summed E-state index contributed by atoms with van der Waals surface area (Å²) >= 11 is 0. The third-order valence-corrected chi connectivity index (χ3v) is 3.60. The summed E-state index contributed by atoms with van der Waals surface area (Å²) in [5, 5.41) is 5.51. The highest BCUT2D eigenvalue weighted by molar-refractivity contribution is 5.81. The van der Waals surface area contributed by atoms with Crippen molar-refractivity contribution in [3.8, 4) is 0 Å². The van der Waals surface area contributed by atoms with E-state index in [0.29, 0.717) is 6.54 Å². The molecule has 0 radical (unpaired) electrons. The molecule has 0 saturated heterocycles. The first-order valence-electron chi connectivity index (χ1n) is 7.02. The van der Waals surface area contributed by atoms with Gasteiger partial charge >= 0.3 is 6.03 Å². The van der Waals surface area contributed by atoms with Gasteiger partial charge in [-0.25, -0.2) is 4.79 Å². The molecule has 0 spiro atoms. The molecule has 1 aromatic rings.